The molecule has 8 heteroatoms. The SMILES string of the molecule is O=C1CS[C@@H](COC(=O)[C@@H]2CCCN2C(=O)OCc2ccccc2)O1. The summed E-state index contributed by atoms with van der Waals surface area (Å²) in [4.78, 5) is 36.9. The van der Waals surface area contributed by atoms with Gasteiger partial charge in [-0.25, -0.2) is 9.59 Å². The van der Waals surface area contributed by atoms with Crippen LogP contribution in [0.2, 0.25) is 0 Å². The lowest BCUT2D eigenvalue weighted by atomic mass is 10.2. The molecule has 0 saturated carbocycles. The molecule has 2 fully saturated rings. The third-order valence-corrected chi connectivity index (χ3v) is 4.98. The lowest BCUT2D eigenvalue weighted by molar-refractivity contribution is -0.154. The highest BCUT2D eigenvalue weighted by Crippen LogP contribution is 2.23. The van der Waals surface area contributed by atoms with Crippen LogP contribution in [0.4, 0.5) is 4.79 Å². The number of carbonyl (C=O) groups excluding carboxylic acids is 3. The Morgan fingerprint density at radius 3 is 2.76 bits per heavy atom. The summed E-state index contributed by atoms with van der Waals surface area (Å²) in [6, 6.07) is 8.70. The number of rotatable bonds is 5. The van der Waals surface area contributed by atoms with Gasteiger partial charge in [0, 0.05) is 6.54 Å². The number of hydrogen-bond donors (Lipinski definition) is 0. The molecule has 0 unspecified atom stereocenters. The monoisotopic (exact) mass is 365 g/mol. The minimum absolute atomic E-state index is 0.00135. The Hall–Kier alpha value is -2.22. The molecule has 2 heterocycles. The van der Waals surface area contributed by atoms with E-state index in [9.17, 15) is 14.4 Å². The molecule has 3 rings (SSSR count). The number of hydrogen-bond acceptors (Lipinski definition) is 7. The molecule has 2 saturated heterocycles. The quantitative estimate of drug-likeness (QED) is 0.582. The van der Waals surface area contributed by atoms with Crippen LogP contribution < -0.4 is 0 Å². The maximum absolute atomic E-state index is 12.3. The number of amides is 1. The van der Waals surface area contributed by atoms with Gasteiger partial charge in [0.2, 0.25) is 0 Å². The maximum Gasteiger partial charge on any atom is 0.410 e. The van der Waals surface area contributed by atoms with Crippen molar-refractivity contribution in [2.24, 2.45) is 0 Å². The average Bonchev–Trinajstić information content (AvgIpc) is 3.27. The Kier molecular flexibility index (Phi) is 5.80. The highest BCUT2D eigenvalue weighted by Gasteiger charge is 2.37. The van der Waals surface area contributed by atoms with Crippen LogP contribution in [0.1, 0.15) is 18.4 Å². The lowest BCUT2D eigenvalue weighted by Crippen LogP contribution is -2.42. The molecule has 0 spiro atoms. The number of nitrogens with zero attached hydrogens (tertiary/aromatic N) is 1. The van der Waals surface area contributed by atoms with Gasteiger partial charge in [-0.2, -0.15) is 0 Å². The van der Waals surface area contributed by atoms with Crippen LogP contribution in [-0.2, 0) is 30.4 Å². The summed E-state index contributed by atoms with van der Waals surface area (Å²) < 4.78 is 15.5. The lowest BCUT2D eigenvalue weighted by Gasteiger charge is -2.23. The van der Waals surface area contributed by atoms with Crippen molar-refractivity contribution in [3.05, 3.63) is 35.9 Å². The molecule has 1 aromatic rings. The van der Waals surface area contributed by atoms with Crippen molar-refractivity contribution >= 4 is 29.8 Å². The summed E-state index contributed by atoms with van der Waals surface area (Å²) in [5.41, 5.74) is 0.422. The first-order valence-corrected chi connectivity index (χ1v) is 9.13. The van der Waals surface area contributed by atoms with E-state index in [1.807, 2.05) is 30.3 Å². The van der Waals surface area contributed by atoms with Crippen LogP contribution in [0, 0.1) is 0 Å². The average molecular weight is 365 g/mol. The van der Waals surface area contributed by atoms with Crippen LogP contribution in [-0.4, -0.2) is 53.3 Å². The van der Waals surface area contributed by atoms with E-state index in [0.29, 0.717) is 19.4 Å². The van der Waals surface area contributed by atoms with Crippen molar-refractivity contribution in [1.29, 1.82) is 0 Å². The Bertz CT molecular complexity index is 637. The highest BCUT2D eigenvalue weighted by molar-refractivity contribution is 8.00. The van der Waals surface area contributed by atoms with E-state index in [0.717, 1.165) is 5.56 Å². The van der Waals surface area contributed by atoms with E-state index >= 15 is 0 Å². The molecule has 0 radical (unpaired) electrons. The first-order valence-electron chi connectivity index (χ1n) is 8.08. The maximum atomic E-state index is 12.3. The predicted molar refractivity (Wildman–Crippen MR) is 89.7 cm³/mol. The van der Waals surface area contributed by atoms with Crippen LogP contribution in [0.3, 0.4) is 0 Å². The van der Waals surface area contributed by atoms with Crippen LogP contribution in [0.15, 0.2) is 30.3 Å². The van der Waals surface area contributed by atoms with Gasteiger partial charge in [0.05, 0.1) is 5.75 Å². The predicted octanol–water partition coefficient (Wildman–Crippen LogP) is 1.95. The Morgan fingerprint density at radius 2 is 2.04 bits per heavy atom. The summed E-state index contributed by atoms with van der Waals surface area (Å²) in [5.74, 6) is -0.528. The number of benzene rings is 1. The zero-order chi connectivity index (χ0) is 17.6. The minimum Gasteiger partial charge on any atom is -0.459 e. The van der Waals surface area contributed by atoms with Crippen molar-refractivity contribution in [3.63, 3.8) is 0 Å². The van der Waals surface area contributed by atoms with Crippen molar-refractivity contribution in [2.75, 3.05) is 18.9 Å². The second kappa shape index (κ2) is 8.24. The van der Waals surface area contributed by atoms with Crippen LogP contribution in [0.5, 0.6) is 0 Å². The third-order valence-electron chi connectivity index (χ3n) is 3.98. The number of likely N-dealkylation sites (tertiary alicyclic amines) is 1. The Labute approximate surface area is 149 Å². The van der Waals surface area contributed by atoms with Crippen molar-refractivity contribution in [1.82, 2.24) is 4.90 Å². The molecular formula is C17H19NO6S. The molecule has 1 amide bonds. The molecule has 134 valence electrons. The van der Waals surface area contributed by atoms with Crippen LogP contribution >= 0.6 is 11.8 Å². The van der Waals surface area contributed by atoms with Crippen molar-refractivity contribution in [2.45, 2.75) is 30.9 Å². The molecule has 0 bridgehead atoms. The van der Waals surface area contributed by atoms with Gasteiger partial charge in [-0.1, -0.05) is 30.3 Å². The van der Waals surface area contributed by atoms with Gasteiger partial charge in [-0.15, -0.1) is 11.8 Å². The van der Waals surface area contributed by atoms with E-state index in [1.165, 1.54) is 16.7 Å². The summed E-state index contributed by atoms with van der Waals surface area (Å²) >= 11 is 1.29. The van der Waals surface area contributed by atoms with Gasteiger partial charge in [-0.05, 0) is 18.4 Å². The van der Waals surface area contributed by atoms with E-state index in [1.54, 1.807) is 0 Å². The molecule has 2 aliphatic heterocycles. The molecule has 1 aromatic carbocycles. The Balaban J connectivity index is 1.48. The first kappa shape index (κ1) is 17.6. The second-order valence-corrected chi connectivity index (χ2v) is 6.90. The van der Waals surface area contributed by atoms with Crippen LogP contribution in [0.25, 0.3) is 0 Å². The molecule has 2 aliphatic rings. The van der Waals surface area contributed by atoms with Crippen molar-refractivity contribution in [3.8, 4) is 0 Å². The van der Waals surface area contributed by atoms with Gasteiger partial charge in [0.25, 0.3) is 0 Å². The van der Waals surface area contributed by atoms with Gasteiger partial charge in [0.15, 0.2) is 5.44 Å². The third kappa shape index (κ3) is 4.66. The summed E-state index contributed by atoms with van der Waals surface area (Å²) in [6.07, 6.45) is 0.731. The smallest absolute Gasteiger partial charge is 0.410 e. The number of cyclic esters (lactones) is 1. The van der Waals surface area contributed by atoms with E-state index in [2.05, 4.69) is 0 Å². The second-order valence-electron chi connectivity index (χ2n) is 5.75. The normalized spacial score (nSPS) is 22.6. The van der Waals surface area contributed by atoms with E-state index < -0.39 is 23.5 Å². The van der Waals surface area contributed by atoms with Gasteiger partial charge in [0.1, 0.15) is 19.3 Å². The fourth-order valence-electron chi connectivity index (χ4n) is 2.74. The molecule has 2 atom stereocenters. The zero-order valence-corrected chi connectivity index (χ0v) is 14.4. The summed E-state index contributed by atoms with van der Waals surface area (Å²) in [7, 11) is 0. The standard InChI is InChI=1S/C17H19NO6S/c19-14-11-25-15(24-14)10-22-16(20)13-7-4-8-18(13)17(21)23-9-12-5-2-1-3-6-12/h1-3,5-6,13,15H,4,7-11H2/t13-,15-/m0/s1. The molecule has 0 aromatic heterocycles. The van der Waals surface area contributed by atoms with E-state index in [4.69, 9.17) is 14.2 Å². The number of thioether (sulfide) groups is 1. The number of carbonyl (C=O) groups is 3. The van der Waals surface area contributed by atoms with Gasteiger partial charge >= 0.3 is 18.0 Å². The fraction of sp³-hybridized carbons (Fsp3) is 0.471. The molecule has 7 nitrogen and oxygen atoms in total. The zero-order valence-electron chi connectivity index (χ0n) is 13.6. The largest absolute Gasteiger partial charge is 0.459 e. The number of ether oxygens (including phenoxy) is 3. The van der Waals surface area contributed by atoms with Crippen molar-refractivity contribution < 1.29 is 28.6 Å². The summed E-state index contributed by atoms with van der Waals surface area (Å²) in [6.45, 7) is 0.617. The Morgan fingerprint density at radius 1 is 1.24 bits per heavy atom. The summed E-state index contributed by atoms with van der Waals surface area (Å²) in [5, 5.41) is 0. The minimum atomic E-state index is -0.648. The van der Waals surface area contributed by atoms with Gasteiger partial charge < -0.3 is 14.2 Å². The first-order chi connectivity index (χ1) is 12.1. The number of esters is 2. The van der Waals surface area contributed by atoms with Gasteiger partial charge in [-0.3, -0.25) is 9.69 Å². The molecule has 0 N–H and O–H groups in total. The molecule has 0 aliphatic carbocycles. The molecular weight excluding hydrogens is 346 g/mol. The highest BCUT2D eigenvalue weighted by atomic mass is 32.2. The van der Waals surface area contributed by atoms with E-state index in [-0.39, 0.29) is 24.9 Å². The topological polar surface area (TPSA) is 82.1 Å². The molecule has 25 heavy (non-hydrogen) atoms. The fourth-order valence-corrected chi connectivity index (χ4v) is 3.47.